The first-order valence-corrected chi connectivity index (χ1v) is 6.84. The molecule has 0 unspecified atom stereocenters. The van der Waals surface area contributed by atoms with Crippen LogP contribution in [-0.2, 0) is 0 Å². The quantitative estimate of drug-likeness (QED) is 0.706. The molecule has 0 fully saturated rings. The van der Waals surface area contributed by atoms with E-state index in [1.54, 1.807) is 12.3 Å². The number of amides is 1. The van der Waals surface area contributed by atoms with Crippen molar-refractivity contribution in [3.8, 4) is 0 Å². The summed E-state index contributed by atoms with van der Waals surface area (Å²) in [6.07, 6.45) is 3.44. The van der Waals surface area contributed by atoms with E-state index < -0.39 is 0 Å². The second kappa shape index (κ2) is 6.05. The van der Waals surface area contributed by atoms with E-state index in [4.69, 9.17) is 5.11 Å². The lowest BCUT2D eigenvalue weighted by molar-refractivity contribution is 0.0948. The van der Waals surface area contributed by atoms with Crippen molar-refractivity contribution in [2.24, 2.45) is 5.41 Å². The molecule has 1 heterocycles. The molecule has 2 rings (SSSR count). The number of H-pyrrole nitrogens is 1. The smallest absolute Gasteiger partial charge is 0.251 e. The van der Waals surface area contributed by atoms with Gasteiger partial charge in [-0.2, -0.15) is 5.10 Å². The standard InChI is InChI=1S/C15H21N3O2/c1-15(2,10-19)6-3-7-16-14(20)11-4-5-13-12(8-11)9-17-18-13/h4-5,8-9,19H,3,6-7,10H2,1-2H3,(H,16,20)(H,17,18). The minimum atomic E-state index is -0.0829. The first-order chi connectivity index (χ1) is 9.52. The summed E-state index contributed by atoms with van der Waals surface area (Å²) < 4.78 is 0. The highest BCUT2D eigenvalue weighted by atomic mass is 16.3. The van der Waals surface area contributed by atoms with Crippen LogP contribution in [-0.4, -0.2) is 34.4 Å². The molecule has 108 valence electrons. The Morgan fingerprint density at radius 3 is 3.00 bits per heavy atom. The lowest BCUT2D eigenvalue weighted by Gasteiger charge is -2.21. The maximum absolute atomic E-state index is 12.0. The number of carbonyl (C=O) groups excluding carboxylic acids is 1. The predicted octanol–water partition coefficient (Wildman–Crippen LogP) is 2.09. The molecular weight excluding hydrogens is 254 g/mol. The first-order valence-electron chi connectivity index (χ1n) is 6.84. The van der Waals surface area contributed by atoms with E-state index in [1.807, 2.05) is 26.0 Å². The molecule has 0 spiro atoms. The molecule has 5 heteroatoms. The van der Waals surface area contributed by atoms with Gasteiger partial charge in [0.15, 0.2) is 0 Å². The van der Waals surface area contributed by atoms with E-state index in [0.717, 1.165) is 23.7 Å². The molecule has 0 atom stereocenters. The minimum absolute atomic E-state index is 0.0742. The van der Waals surface area contributed by atoms with E-state index in [9.17, 15) is 4.79 Å². The summed E-state index contributed by atoms with van der Waals surface area (Å²) in [4.78, 5) is 12.0. The Morgan fingerprint density at radius 2 is 2.25 bits per heavy atom. The van der Waals surface area contributed by atoms with Crippen LogP contribution >= 0.6 is 0 Å². The molecule has 1 aromatic carbocycles. The number of aromatic nitrogens is 2. The largest absolute Gasteiger partial charge is 0.396 e. The number of carbonyl (C=O) groups is 1. The van der Waals surface area contributed by atoms with Crippen molar-refractivity contribution in [1.29, 1.82) is 0 Å². The molecule has 0 saturated heterocycles. The van der Waals surface area contributed by atoms with Gasteiger partial charge in [-0.05, 0) is 36.5 Å². The Kier molecular flexibility index (Phi) is 4.39. The summed E-state index contributed by atoms with van der Waals surface area (Å²) in [6, 6.07) is 5.46. The third-order valence-corrected chi connectivity index (χ3v) is 3.45. The molecule has 5 nitrogen and oxygen atoms in total. The van der Waals surface area contributed by atoms with Crippen molar-refractivity contribution < 1.29 is 9.90 Å². The number of aromatic amines is 1. The second-order valence-corrected chi connectivity index (χ2v) is 5.85. The fraction of sp³-hybridized carbons (Fsp3) is 0.467. The van der Waals surface area contributed by atoms with Gasteiger partial charge >= 0.3 is 0 Å². The zero-order chi connectivity index (χ0) is 14.6. The van der Waals surface area contributed by atoms with Gasteiger partial charge in [-0.25, -0.2) is 0 Å². The third kappa shape index (κ3) is 3.57. The highest BCUT2D eigenvalue weighted by Crippen LogP contribution is 2.20. The van der Waals surface area contributed by atoms with Crippen molar-refractivity contribution in [2.45, 2.75) is 26.7 Å². The van der Waals surface area contributed by atoms with Gasteiger partial charge in [-0.3, -0.25) is 9.89 Å². The van der Waals surface area contributed by atoms with Gasteiger partial charge in [0.2, 0.25) is 0 Å². The average Bonchev–Trinajstić information content (AvgIpc) is 2.90. The van der Waals surface area contributed by atoms with E-state index in [1.165, 1.54) is 0 Å². The van der Waals surface area contributed by atoms with Crippen molar-refractivity contribution in [2.75, 3.05) is 13.2 Å². The van der Waals surface area contributed by atoms with Crippen LogP contribution in [0.1, 0.15) is 37.0 Å². The Morgan fingerprint density at radius 1 is 1.45 bits per heavy atom. The van der Waals surface area contributed by atoms with Gasteiger partial charge < -0.3 is 10.4 Å². The molecule has 1 amide bonds. The maximum Gasteiger partial charge on any atom is 0.251 e. The van der Waals surface area contributed by atoms with E-state index >= 15 is 0 Å². The number of aliphatic hydroxyl groups excluding tert-OH is 1. The van der Waals surface area contributed by atoms with Crippen molar-refractivity contribution >= 4 is 16.8 Å². The Hall–Kier alpha value is -1.88. The van der Waals surface area contributed by atoms with Crippen LogP contribution in [0.5, 0.6) is 0 Å². The molecule has 1 aromatic heterocycles. The van der Waals surface area contributed by atoms with Crippen LogP contribution in [0, 0.1) is 5.41 Å². The number of benzene rings is 1. The van der Waals surface area contributed by atoms with Crippen LogP contribution in [0.25, 0.3) is 10.9 Å². The Bertz CT molecular complexity index is 590. The van der Waals surface area contributed by atoms with Crippen LogP contribution < -0.4 is 5.32 Å². The van der Waals surface area contributed by atoms with E-state index in [0.29, 0.717) is 12.1 Å². The zero-order valence-corrected chi connectivity index (χ0v) is 11.9. The summed E-state index contributed by atoms with van der Waals surface area (Å²) in [5.41, 5.74) is 1.48. The fourth-order valence-corrected chi connectivity index (χ4v) is 2.03. The molecule has 2 aromatic rings. The number of hydrogen-bond donors (Lipinski definition) is 3. The molecule has 0 aliphatic rings. The predicted molar refractivity (Wildman–Crippen MR) is 78.5 cm³/mol. The molecule has 20 heavy (non-hydrogen) atoms. The average molecular weight is 275 g/mol. The zero-order valence-electron chi connectivity index (χ0n) is 11.9. The molecule has 0 bridgehead atoms. The van der Waals surface area contributed by atoms with Gasteiger partial charge in [0.05, 0.1) is 11.7 Å². The van der Waals surface area contributed by atoms with E-state index in [-0.39, 0.29) is 17.9 Å². The minimum Gasteiger partial charge on any atom is -0.396 e. The summed E-state index contributed by atoms with van der Waals surface area (Å²) >= 11 is 0. The summed E-state index contributed by atoms with van der Waals surface area (Å²) in [5.74, 6) is -0.0742. The SMILES string of the molecule is CC(C)(CO)CCCNC(=O)c1ccc2[nH]ncc2c1. The topological polar surface area (TPSA) is 78.0 Å². The summed E-state index contributed by atoms with van der Waals surface area (Å²) in [5, 5.41) is 19.8. The van der Waals surface area contributed by atoms with Crippen LogP contribution in [0.3, 0.4) is 0 Å². The van der Waals surface area contributed by atoms with Crippen LogP contribution in [0.4, 0.5) is 0 Å². The molecular formula is C15H21N3O2. The number of aliphatic hydroxyl groups is 1. The van der Waals surface area contributed by atoms with Gasteiger partial charge in [0.1, 0.15) is 0 Å². The van der Waals surface area contributed by atoms with Crippen molar-refractivity contribution in [1.82, 2.24) is 15.5 Å². The lowest BCUT2D eigenvalue weighted by atomic mass is 9.89. The van der Waals surface area contributed by atoms with Crippen LogP contribution in [0.2, 0.25) is 0 Å². The Labute approximate surface area is 118 Å². The summed E-state index contributed by atoms with van der Waals surface area (Å²) in [6.45, 7) is 4.81. The highest BCUT2D eigenvalue weighted by Gasteiger charge is 2.15. The fourth-order valence-electron chi connectivity index (χ4n) is 2.03. The van der Waals surface area contributed by atoms with Crippen molar-refractivity contribution in [3.05, 3.63) is 30.0 Å². The van der Waals surface area contributed by atoms with Gasteiger partial charge in [0.25, 0.3) is 5.91 Å². The molecule has 3 N–H and O–H groups in total. The summed E-state index contributed by atoms with van der Waals surface area (Å²) in [7, 11) is 0. The molecule has 0 radical (unpaired) electrons. The third-order valence-electron chi connectivity index (χ3n) is 3.45. The monoisotopic (exact) mass is 275 g/mol. The van der Waals surface area contributed by atoms with Gasteiger partial charge in [-0.1, -0.05) is 13.8 Å². The number of hydrogen-bond acceptors (Lipinski definition) is 3. The molecule has 0 aliphatic carbocycles. The van der Waals surface area contributed by atoms with Crippen LogP contribution in [0.15, 0.2) is 24.4 Å². The van der Waals surface area contributed by atoms with Gasteiger partial charge in [0, 0.05) is 24.1 Å². The van der Waals surface area contributed by atoms with Crippen molar-refractivity contribution in [3.63, 3.8) is 0 Å². The number of nitrogens with zero attached hydrogens (tertiary/aromatic N) is 1. The normalized spacial score (nSPS) is 11.8. The lowest BCUT2D eigenvalue weighted by Crippen LogP contribution is -2.26. The molecule has 0 aliphatic heterocycles. The van der Waals surface area contributed by atoms with E-state index in [2.05, 4.69) is 15.5 Å². The highest BCUT2D eigenvalue weighted by molar-refractivity contribution is 5.97. The second-order valence-electron chi connectivity index (χ2n) is 5.85. The first kappa shape index (κ1) is 14.5. The van der Waals surface area contributed by atoms with Gasteiger partial charge in [-0.15, -0.1) is 0 Å². The maximum atomic E-state index is 12.0. The Balaban J connectivity index is 1.85. The molecule has 0 saturated carbocycles. The number of fused-ring (bicyclic) bond motifs is 1. The number of nitrogens with one attached hydrogen (secondary N) is 2. The number of rotatable bonds is 6.